The fraction of sp³-hybridized carbons (Fsp3) is 1.00. The summed E-state index contributed by atoms with van der Waals surface area (Å²) in [7, 11) is 0. The van der Waals surface area contributed by atoms with E-state index in [2.05, 4.69) is 20.1 Å². The molecule has 0 aromatic rings. The zero-order valence-electron chi connectivity index (χ0n) is 9.05. The van der Waals surface area contributed by atoms with Gasteiger partial charge in [0.15, 0.2) is 0 Å². The summed E-state index contributed by atoms with van der Waals surface area (Å²) in [4.78, 5) is 0. The molecule has 1 nitrogen and oxygen atoms in total. The molecule has 2 unspecified atom stereocenters. The lowest BCUT2D eigenvalue weighted by molar-refractivity contribution is -0.0134. The molecule has 2 heteroatoms. The molecule has 0 heterocycles. The molecular weight excluding hydrogens is 180 g/mol. The number of thioether (sulfide) groups is 1. The minimum atomic E-state index is -0.366. The molecule has 1 aliphatic carbocycles. The highest BCUT2D eigenvalue weighted by Crippen LogP contribution is 2.46. The Hall–Kier alpha value is 0.310. The van der Waals surface area contributed by atoms with Gasteiger partial charge in [-0.2, -0.15) is 11.8 Å². The second kappa shape index (κ2) is 4.70. The lowest BCUT2D eigenvalue weighted by Gasteiger charge is -2.34. The molecule has 2 atom stereocenters. The van der Waals surface area contributed by atoms with Gasteiger partial charge in [0.25, 0.3) is 0 Å². The van der Waals surface area contributed by atoms with Gasteiger partial charge < -0.3 is 5.11 Å². The summed E-state index contributed by atoms with van der Waals surface area (Å²) in [5, 5.41) is 10.5. The summed E-state index contributed by atoms with van der Waals surface area (Å²) in [6, 6.07) is 0. The summed E-state index contributed by atoms with van der Waals surface area (Å²) in [5.74, 6) is 1.98. The van der Waals surface area contributed by atoms with E-state index in [1.165, 1.54) is 19.3 Å². The van der Waals surface area contributed by atoms with Crippen molar-refractivity contribution < 1.29 is 5.11 Å². The van der Waals surface area contributed by atoms with E-state index >= 15 is 0 Å². The van der Waals surface area contributed by atoms with Crippen molar-refractivity contribution in [1.29, 1.82) is 0 Å². The molecule has 0 aromatic heterocycles. The molecule has 0 amide bonds. The van der Waals surface area contributed by atoms with Crippen molar-refractivity contribution in [2.24, 2.45) is 11.8 Å². The molecule has 0 aliphatic heterocycles. The van der Waals surface area contributed by atoms with Crippen LogP contribution in [0.3, 0.4) is 0 Å². The Labute approximate surface area is 86.3 Å². The molecule has 0 saturated heterocycles. The van der Waals surface area contributed by atoms with Gasteiger partial charge in [-0.1, -0.05) is 20.3 Å². The molecule has 0 spiro atoms. The van der Waals surface area contributed by atoms with Crippen LogP contribution < -0.4 is 0 Å². The molecule has 0 radical (unpaired) electrons. The first-order valence-corrected chi connectivity index (χ1v) is 6.75. The molecule has 1 N–H and O–H groups in total. The third-order valence-corrected chi connectivity index (χ3v) is 3.99. The second-order valence-electron chi connectivity index (χ2n) is 4.39. The van der Waals surface area contributed by atoms with Crippen LogP contribution in [0, 0.1) is 11.8 Å². The van der Waals surface area contributed by atoms with Crippen LogP contribution in [0.15, 0.2) is 0 Å². The lowest BCUT2D eigenvalue weighted by atomic mass is 9.83. The highest BCUT2D eigenvalue weighted by molar-refractivity contribution is 7.98. The Kier molecular flexibility index (Phi) is 4.11. The van der Waals surface area contributed by atoms with Gasteiger partial charge in [0.2, 0.25) is 0 Å². The van der Waals surface area contributed by atoms with Crippen molar-refractivity contribution >= 4 is 11.8 Å². The Morgan fingerprint density at radius 2 is 2.15 bits per heavy atom. The summed E-state index contributed by atoms with van der Waals surface area (Å²) in [6.45, 7) is 4.40. The van der Waals surface area contributed by atoms with Crippen molar-refractivity contribution in [3.05, 3.63) is 0 Å². The van der Waals surface area contributed by atoms with Gasteiger partial charge in [-0.25, -0.2) is 0 Å². The molecular formula is C11H22OS. The smallest absolute Gasteiger partial charge is 0.0790 e. The fourth-order valence-electron chi connectivity index (χ4n) is 2.16. The summed E-state index contributed by atoms with van der Waals surface area (Å²) >= 11 is 1.78. The van der Waals surface area contributed by atoms with Gasteiger partial charge in [0.05, 0.1) is 5.60 Å². The van der Waals surface area contributed by atoms with Crippen LogP contribution in [0.1, 0.15) is 39.5 Å². The summed E-state index contributed by atoms with van der Waals surface area (Å²) in [5.41, 5.74) is -0.366. The Balaban J connectivity index is 2.53. The Morgan fingerprint density at radius 3 is 2.54 bits per heavy atom. The maximum absolute atomic E-state index is 10.5. The molecule has 0 aromatic carbocycles. The molecule has 1 aliphatic rings. The first-order chi connectivity index (χ1) is 6.15. The molecule has 0 bridgehead atoms. The standard InChI is InChI=1S/C11H22OS/c1-4-5-9(2)11(12,8-13-3)10-6-7-10/h9-10,12H,4-8H2,1-3H3. The van der Waals surface area contributed by atoms with Crippen molar-refractivity contribution in [3.8, 4) is 0 Å². The van der Waals surface area contributed by atoms with E-state index in [9.17, 15) is 5.11 Å². The van der Waals surface area contributed by atoms with E-state index in [1.54, 1.807) is 11.8 Å². The van der Waals surface area contributed by atoms with Gasteiger partial charge in [-0.3, -0.25) is 0 Å². The highest BCUT2D eigenvalue weighted by atomic mass is 32.2. The fourth-order valence-corrected chi connectivity index (χ4v) is 3.14. The van der Waals surface area contributed by atoms with E-state index in [-0.39, 0.29) is 5.60 Å². The van der Waals surface area contributed by atoms with Gasteiger partial charge in [-0.15, -0.1) is 0 Å². The average molecular weight is 202 g/mol. The van der Waals surface area contributed by atoms with Gasteiger partial charge in [-0.05, 0) is 37.4 Å². The van der Waals surface area contributed by atoms with E-state index in [1.807, 2.05) is 0 Å². The van der Waals surface area contributed by atoms with Crippen molar-refractivity contribution in [2.45, 2.75) is 45.1 Å². The first kappa shape index (κ1) is 11.4. The average Bonchev–Trinajstić information content (AvgIpc) is 2.87. The Morgan fingerprint density at radius 1 is 1.54 bits per heavy atom. The Bertz CT molecular complexity index is 156. The molecule has 1 saturated carbocycles. The zero-order chi connectivity index (χ0) is 9.90. The normalized spacial score (nSPS) is 24.0. The van der Waals surface area contributed by atoms with Crippen LogP contribution in [0.4, 0.5) is 0 Å². The minimum absolute atomic E-state index is 0.366. The largest absolute Gasteiger partial charge is 0.388 e. The van der Waals surface area contributed by atoms with E-state index in [0.717, 1.165) is 12.2 Å². The van der Waals surface area contributed by atoms with Crippen LogP contribution in [-0.2, 0) is 0 Å². The van der Waals surface area contributed by atoms with Crippen molar-refractivity contribution in [2.75, 3.05) is 12.0 Å². The highest BCUT2D eigenvalue weighted by Gasteiger charge is 2.46. The van der Waals surface area contributed by atoms with E-state index in [0.29, 0.717) is 11.8 Å². The topological polar surface area (TPSA) is 20.2 Å². The SMILES string of the molecule is CCCC(C)C(O)(CSC)C1CC1. The van der Waals surface area contributed by atoms with Crippen LogP contribution in [0.25, 0.3) is 0 Å². The summed E-state index contributed by atoms with van der Waals surface area (Å²) in [6.07, 6.45) is 6.92. The van der Waals surface area contributed by atoms with Gasteiger partial charge in [0.1, 0.15) is 0 Å². The van der Waals surface area contributed by atoms with Crippen LogP contribution in [0.2, 0.25) is 0 Å². The zero-order valence-corrected chi connectivity index (χ0v) is 9.86. The van der Waals surface area contributed by atoms with Crippen LogP contribution in [-0.4, -0.2) is 22.7 Å². The number of rotatable bonds is 6. The second-order valence-corrected chi connectivity index (χ2v) is 5.25. The number of hydrogen-bond acceptors (Lipinski definition) is 2. The molecule has 1 rings (SSSR count). The predicted molar refractivity (Wildman–Crippen MR) is 60.1 cm³/mol. The first-order valence-electron chi connectivity index (χ1n) is 5.36. The molecule has 78 valence electrons. The monoisotopic (exact) mass is 202 g/mol. The third kappa shape index (κ3) is 2.63. The van der Waals surface area contributed by atoms with Crippen LogP contribution in [0.5, 0.6) is 0 Å². The van der Waals surface area contributed by atoms with Crippen molar-refractivity contribution in [1.82, 2.24) is 0 Å². The predicted octanol–water partition coefficient (Wildman–Crippen LogP) is 2.93. The maximum atomic E-state index is 10.5. The lowest BCUT2D eigenvalue weighted by Crippen LogP contribution is -2.41. The van der Waals surface area contributed by atoms with E-state index in [4.69, 9.17) is 0 Å². The van der Waals surface area contributed by atoms with Crippen molar-refractivity contribution in [3.63, 3.8) is 0 Å². The third-order valence-electron chi connectivity index (χ3n) is 3.23. The van der Waals surface area contributed by atoms with Gasteiger partial charge in [0, 0.05) is 5.75 Å². The number of hydrogen-bond donors (Lipinski definition) is 1. The maximum Gasteiger partial charge on any atom is 0.0790 e. The minimum Gasteiger partial charge on any atom is -0.388 e. The van der Waals surface area contributed by atoms with E-state index < -0.39 is 0 Å². The molecule has 1 fully saturated rings. The number of aliphatic hydroxyl groups is 1. The summed E-state index contributed by atoms with van der Waals surface area (Å²) < 4.78 is 0. The van der Waals surface area contributed by atoms with Crippen LogP contribution >= 0.6 is 11.8 Å². The quantitative estimate of drug-likeness (QED) is 0.714. The molecule has 13 heavy (non-hydrogen) atoms. The van der Waals surface area contributed by atoms with Gasteiger partial charge >= 0.3 is 0 Å².